The summed E-state index contributed by atoms with van der Waals surface area (Å²) in [6, 6.07) is 6.00. The number of nitrogens with one attached hydrogen (secondary N) is 1. The summed E-state index contributed by atoms with van der Waals surface area (Å²) in [5, 5.41) is 0. The highest BCUT2D eigenvalue weighted by Gasteiger charge is 1.97. The van der Waals surface area contributed by atoms with Crippen LogP contribution in [0.25, 0.3) is 11.0 Å². The first-order valence-electron chi connectivity index (χ1n) is 3.93. The summed E-state index contributed by atoms with van der Waals surface area (Å²) in [6.07, 6.45) is 4.55. The van der Waals surface area contributed by atoms with Crippen LogP contribution in [-0.2, 0) is 6.42 Å². The zero-order valence-electron chi connectivity index (χ0n) is 6.75. The Bertz CT molecular complexity index is 368. The van der Waals surface area contributed by atoms with Crippen LogP contribution in [0.15, 0.2) is 37.1 Å². The lowest BCUT2D eigenvalue weighted by Gasteiger charge is -1.85. The number of aromatic amines is 1. The van der Waals surface area contributed by atoms with Gasteiger partial charge in [-0.3, -0.25) is 4.98 Å². The van der Waals surface area contributed by atoms with Crippen molar-refractivity contribution in [2.45, 2.75) is 6.42 Å². The van der Waals surface area contributed by atoms with Gasteiger partial charge in [0, 0.05) is 18.3 Å². The van der Waals surface area contributed by atoms with E-state index < -0.39 is 0 Å². The van der Waals surface area contributed by atoms with Crippen LogP contribution in [-0.4, -0.2) is 9.97 Å². The highest BCUT2D eigenvalue weighted by molar-refractivity contribution is 5.75. The van der Waals surface area contributed by atoms with Gasteiger partial charge in [0.05, 0.1) is 11.0 Å². The molecule has 2 heteroatoms. The van der Waals surface area contributed by atoms with E-state index in [1.54, 1.807) is 6.20 Å². The zero-order valence-corrected chi connectivity index (χ0v) is 6.75. The molecule has 0 bridgehead atoms. The Morgan fingerprint density at radius 1 is 1.58 bits per heavy atom. The van der Waals surface area contributed by atoms with Crippen LogP contribution in [0.3, 0.4) is 0 Å². The second-order valence-electron chi connectivity index (χ2n) is 2.72. The monoisotopic (exact) mass is 158 g/mol. The van der Waals surface area contributed by atoms with Crippen molar-refractivity contribution in [3.8, 4) is 0 Å². The van der Waals surface area contributed by atoms with Crippen molar-refractivity contribution in [1.82, 2.24) is 9.97 Å². The fraction of sp³-hybridized carbons (Fsp3) is 0.100. The minimum atomic E-state index is 0.871. The van der Waals surface area contributed by atoms with E-state index in [0.29, 0.717) is 0 Å². The third kappa shape index (κ3) is 1.11. The molecule has 1 N–H and O–H groups in total. The first-order chi connectivity index (χ1) is 5.90. The first kappa shape index (κ1) is 7.10. The van der Waals surface area contributed by atoms with Gasteiger partial charge in [-0.05, 0) is 18.2 Å². The highest BCUT2D eigenvalue weighted by Crippen LogP contribution is 2.11. The number of hydrogen-bond acceptors (Lipinski definition) is 1. The summed E-state index contributed by atoms with van der Waals surface area (Å²) in [6.45, 7) is 3.69. The lowest BCUT2D eigenvalue weighted by Crippen LogP contribution is -1.76. The van der Waals surface area contributed by atoms with E-state index in [9.17, 15) is 0 Å². The van der Waals surface area contributed by atoms with Crippen molar-refractivity contribution in [3.05, 3.63) is 42.7 Å². The quantitative estimate of drug-likeness (QED) is 0.667. The molecule has 0 amide bonds. The van der Waals surface area contributed by atoms with E-state index in [4.69, 9.17) is 0 Å². The SMILES string of the molecule is C=CCc1cc2ncccc2[nH]1. The largest absolute Gasteiger partial charge is 0.357 e. The number of H-pyrrole nitrogens is 1. The number of rotatable bonds is 2. The Balaban J connectivity index is 2.54. The molecule has 0 aliphatic rings. The van der Waals surface area contributed by atoms with Gasteiger partial charge in [-0.2, -0.15) is 0 Å². The molecule has 0 saturated heterocycles. The number of pyridine rings is 1. The van der Waals surface area contributed by atoms with E-state index in [2.05, 4.69) is 22.6 Å². The molecule has 2 aromatic heterocycles. The Kier molecular flexibility index (Phi) is 1.67. The van der Waals surface area contributed by atoms with Gasteiger partial charge >= 0.3 is 0 Å². The van der Waals surface area contributed by atoms with Crippen LogP contribution in [0, 0.1) is 0 Å². The normalized spacial score (nSPS) is 10.3. The first-order valence-corrected chi connectivity index (χ1v) is 3.93. The number of allylic oxidation sites excluding steroid dienone is 1. The summed E-state index contributed by atoms with van der Waals surface area (Å²) in [7, 11) is 0. The fourth-order valence-electron chi connectivity index (χ4n) is 1.28. The van der Waals surface area contributed by atoms with Gasteiger partial charge in [-0.25, -0.2) is 0 Å². The Labute approximate surface area is 70.9 Å². The summed E-state index contributed by atoms with van der Waals surface area (Å²) < 4.78 is 0. The molecule has 0 aliphatic carbocycles. The lowest BCUT2D eigenvalue weighted by atomic mass is 10.3. The highest BCUT2D eigenvalue weighted by atomic mass is 14.8. The smallest absolute Gasteiger partial charge is 0.0881 e. The van der Waals surface area contributed by atoms with E-state index in [-0.39, 0.29) is 0 Å². The molecule has 2 heterocycles. The average Bonchev–Trinajstić information content (AvgIpc) is 2.47. The molecule has 0 atom stereocenters. The Hall–Kier alpha value is -1.57. The van der Waals surface area contributed by atoms with E-state index in [1.807, 2.05) is 18.2 Å². The molecular formula is C10H10N2. The van der Waals surface area contributed by atoms with Crippen LogP contribution in [0.4, 0.5) is 0 Å². The van der Waals surface area contributed by atoms with Crippen molar-refractivity contribution in [3.63, 3.8) is 0 Å². The maximum Gasteiger partial charge on any atom is 0.0881 e. The summed E-state index contributed by atoms with van der Waals surface area (Å²) >= 11 is 0. The lowest BCUT2D eigenvalue weighted by molar-refractivity contribution is 1.17. The molecule has 0 fully saturated rings. The molecule has 12 heavy (non-hydrogen) atoms. The Morgan fingerprint density at radius 2 is 2.50 bits per heavy atom. The second-order valence-corrected chi connectivity index (χ2v) is 2.72. The van der Waals surface area contributed by atoms with Gasteiger partial charge in [-0.15, -0.1) is 6.58 Å². The molecule has 0 unspecified atom stereocenters. The minimum Gasteiger partial charge on any atom is -0.357 e. The molecule has 2 nitrogen and oxygen atoms in total. The summed E-state index contributed by atoms with van der Waals surface area (Å²) in [5.74, 6) is 0. The van der Waals surface area contributed by atoms with E-state index >= 15 is 0 Å². The van der Waals surface area contributed by atoms with Gasteiger partial charge in [0.15, 0.2) is 0 Å². The van der Waals surface area contributed by atoms with Crippen LogP contribution >= 0.6 is 0 Å². The Morgan fingerprint density at radius 3 is 3.25 bits per heavy atom. The van der Waals surface area contributed by atoms with Gasteiger partial charge < -0.3 is 4.98 Å². The summed E-state index contributed by atoms with van der Waals surface area (Å²) in [4.78, 5) is 7.48. The predicted molar refractivity (Wildman–Crippen MR) is 50.0 cm³/mol. The number of fused-ring (bicyclic) bond motifs is 1. The molecule has 0 spiro atoms. The molecule has 0 aromatic carbocycles. The van der Waals surface area contributed by atoms with Crippen molar-refractivity contribution in [2.24, 2.45) is 0 Å². The maximum absolute atomic E-state index is 4.22. The molecular weight excluding hydrogens is 148 g/mol. The number of hydrogen-bond donors (Lipinski definition) is 1. The van der Waals surface area contributed by atoms with Crippen molar-refractivity contribution >= 4 is 11.0 Å². The molecule has 60 valence electrons. The fourth-order valence-corrected chi connectivity index (χ4v) is 1.28. The van der Waals surface area contributed by atoms with Crippen molar-refractivity contribution < 1.29 is 0 Å². The van der Waals surface area contributed by atoms with Gasteiger partial charge in [0.2, 0.25) is 0 Å². The van der Waals surface area contributed by atoms with E-state index in [1.165, 1.54) is 5.69 Å². The third-order valence-corrected chi connectivity index (χ3v) is 1.81. The van der Waals surface area contributed by atoms with Crippen molar-refractivity contribution in [2.75, 3.05) is 0 Å². The van der Waals surface area contributed by atoms with E-state index in [0.717, 1.165) is 17.5 Å². The van der Waals surface area contributed by atoms with Gasteiger partial charge in [0.25, 0.3) is 0 Å². The van der Waals surface area contributed by atoms with Crippen LogP contribution in [0.2, 0.25) is 0 Å². The van der Waals surface area contributed by atoms with Gasteiger partial charge in [0.1, 0.15) is 0 Å². The maximum atomic E-state index is 4.22. The van der Waals surface area contributed by atoms with Crippen molar-refractivity contribution in [1.29, 1.82) is 0 Å². The molecule has 0 radical (unpaired) electrons. The molecule has 2 aromatic rings. The standard InChI is InChI=1S/C10H10N2/c1-2-4-8-7-10-9(12-8)5-3-6-11-10/h2-3,5-7,12H,1,4H2. The third-order valence-electron chi connectivity index (χ3n) is 1.81. The van der Waals surface area contributed by atoms with Crippen LogP contribution in [0.1, 0.15) is 5.69 Å². The van der Waals surface area contributed by atoms with Crippen LogP contribution < -0.4 is 0 Å². The molecule has 0 aliphatic heterocycles. The topological polar surface area (TPSA) is 28.7 Å². The predicted octanol–water partition coefficient (Wildman–Crippen LogP) is 2.29. The van der Waals surface area contributed by atoms with Gasteiger partial charge in [-0.1, -0.05) is 6.08 Å². The number of nitrogens with zero attached hydrogens (tertiary/aromatic N) is 1. The minimum absolute atomic E-state index is 0.871. The molecule has 0 saturated carbocycles. The average molecular weight is 158 g/mol. The second kappa shape index (κ2) is 2.81. The summed E-state index contributed by atoms with van der Waals surface area (Å²) in [5.41, 5.74) is 3.28. The molecule has 2 rings (SSSR count). The van der Waals surface area contributed by atoms with Crippen LogP contribution in [0.5, 0.6) is 0 Å². The number of aromatic nitrogens is 2. The zero-order chi connectivity index (χ0) is 8.39.